The maximum Gasteiger partial charge on any atom is 0.339 e. The van der Waals surface area contributed by atoms with E-state index >= 15 is 0 Å². The number of para-hydroxylation sites is 1. The molecule has 1 fully saturated rings. The molecule has 21 heavy (non-hydrogen) atoms. The zero-order valence-electron chi connectivity index (χ0n) is 11.7. The number of benzene rings is 1. The number of nitrogens with one attached hydrogen (secondary N) is 2. The van der Waals surface area contributed by atoms with Crippen LogP contribution in [0.25, 0.3) is 0 Å². The Labute approximate surface area is 126 Å². The van der Waals surface area contributed by atoms with Gasteiger partial charge in [-0.2, -0.15) is 11.8 Å². The molecular formula is C14H18N2O4S. The Morgan fingerprint density at radius 3 is 2.81 bits per heavy atom. The molecule has 0 bridgehead atoms. The molecule has 0 aliphatic carbocycles. The number of thioether (sulfide) groups is 1. The number of carbonyl (C=O) groups excluding carboxylic acids is 1. The van der Waals surface area contributed by atoms with Gasteiger partial charge in [0, 0.05) is 11.3 Å². The number of amides is 2. The second-order valence-corrected chi connectivity index (χ2v) is 6.90. The minimum atomic E-state index is -1.24. The molecule has 1 aliphatic rings. The first kappa shape index (κ1) is 15.5. The van der Waals surface area contributed by atoms with Gasteiger partial charge in [0.2, 0.25) is 0 Å². The van der Waals surface area contributed by atoms with E-state index < -0.39 is 17.7 Å². The molecule has 1 atom stereocenters. The molecule has 0 radical (unpaired) electrons. The summed E-state index contributed by atoms with van der Waals surface area (Å²) >= 11 is 1.83. The highest BCUT2D eigenvalue weighted by Crippen LogP contribution is 2.37. The van der Waals surface area contributed by atoms with Crippen molar-refractivity contribution in [2.75, 3.05) is 17.6 Å². The largest absolute Gasteiger partial charge is 0.505 e. The highest BCUT2D eigenvalue weighted by Gasteiger charge is 2.29. The summed E-state index contributed by atoms with van der Waals surface area (Å²) in [6, 6.07) is 3.73. The third-order valence-corrected chi connectivity index (χ3v) is 4.98. The van der Waals surface area contributed by atoms with Crippen LogP contribution in [0.15, 0.2) is 18.2 Å². The molecule has 1 heterocycles. The summed E-state index contributed by atoms with van der Waals surface area (Å²) in [5, 5.41) is 24.0. The first-order valence-electron chi connectivity index (χ1n) is 6.65. The van der Waals surface area contributed by atoms with E-state index in [0.29, 0.717) is 6.54 Å². The highest BCUT2D eigenvalue weighted by atomic mass is 32.2. The summed E-state index contributed by atoms with van der Waals surface area (Å²) < 4.78 is 0.0439. The van der Waals surface area contributed by atoms with E-state index in [1.54, 1.807) is 0 Å². The first-order chi connectivity index (χ1) is 9.91. The van der Waals surface area contributed by atoms with Gasteiger partial charge in [0.25, 0.3) is 0 Å². The van der Waals surface area contributed by atoms with Crippen LogP contribution in [0.2, 0.25) is 0 Å². The van der Waals surface area contributed by atoms with Crippen molar-refractivity contribution in [3.05, 3.63) is 23.8 Å². The Bertz CT molecular complexity index is 556. The molecule has 2 rings (SSSR count). The van der Waals surface area contributed by atoms with Crippen molar-refractivity contribution in [3.8, 4) is 5.75 Å². The molecule has 1 aliphatic heterocycles. The third kappa shape index (κ3) is 3.81. The second kappa shape index (κ2) is 6.26. The van der Waals surface area contributed by atoms with Gasteiger partial charge in [-0.05, 0) is 37.7 Å². The number of carbonyl (C=O) groups is 2. The number of anilines is 1. The van der Waals surface area contributed by atoms with Crippen molar-refractivity contribution in [2.45, 2.75) is 24.5 Å². The average molecular weight is 310 g/mol. The Hall–Kier alpha value is -1.89. The molecule has 6 nitrogen and oxygen atoms in total. The van der Waals surface area contributed by atoms with Gasteiger partial charge in [-0.15, -0.1) is 0 Å². The Kier molecular flexibility index (Phi) is 4.62. The number of hydrogen-bond acceptors (Lipinski definition) is 4. The first-order valence-corrected chi connectivity index (χ1v) is 7.64. The van der Waals surface area contributed by atoms with Crippen LogP contribution in [0.4, 0.5) is 10.5 Å². The van der Waals surface area contributed by atoms with Crippen molar-refractivity contribution in [1.82, 2.24) is 5.32 Å². The lowest BCUT2D eigenvalue weighted by atomic mass is 10.1. The van der Waals surface area contributed by atoms with Crippen molar-refractivity contribution >= 4 is 29.4 Å². The number of aromatic hydroxyl groups is 1. The van der Waals surface area contributed by atoms with Crippen LogP contribution >= 0.6 is 11.8 Å². The lowest BCUT2D eigenvalue weighted by molar-refractivity contribution is 0.0693. The van der Waals surface area contributed by atoms with Gasteiger partial charge in [-0.3, -0.25) is 0 Å². The lowest BCUT2D eigenvalue weighted by Gasteiger charge is -2.23. The van der Waals surface area contributed by atoms with Gasteiger partial charge < -0.3 is 20.8 Å². The highest BCUT2D eigenvalue weighted by molar-refractivity contribution is 8.00. The summed E-state index contributed by atoms with van der Waals surface area (Å²) in [5.74, 6) is -0.589. The molecule has 1 aromatic rings. The minimum absolute atomic E-state index is 0.0439. The molecular weight excluding hydrogens is 292 g/mol. The molecule has 1 aromatic carbocycles. The summed E-state index contributed by atoms with van der Waals surface area (Å²) in [7, 11) is 0. The standard InChI is InChI=1S/C14H18N2O4S/c1-14(6-3-7-21-14)8-15-13(20)16-10-5-2-4-9(11(10)17)12(18)19/h2,4-5,17H,3,6-8H2,1H3,(H,18,19)(H2,15,16,20). The van der Waals surface area contributed by atoms with E-state index in [4.69, 9.17) is 5.11 Å². The van der Waals surface area contributed by atoms with Crippen LogP contribution in [0, 0.1) is 0 Å². The summed E-state index contributed by atoms with van der Waals surface area (Å²) in [5.41, 5.74) is -0.164. The summed E-state index contributed by atoms with van der Waals surface area (Å²) in [4.78, 5) is 22.8. The zero-order valence-corrected chi connectivity index (χ0v) is 12.5. The third-order valence-electron chi connectivity index (χ3n) is 3.44. The van der Waals surface area contributed by atoms with E-state index in [0.717, 1.165) is 18.6 Å². The van der Waals surface area contributed by atoms with Crippen molar-refractivity contribution in [1.29, 1.82) is 0 Å². The summed E-state index contributed by atoms with van der Waals surface area (Å²) in [6.45, 7) is 2.64. The number of carboxylic acid groups (broad SMARTS) is 1. The van der Waals surface area contributed by atoms with E-state index in [2.05, 4.69) is 17.6 Å². The van der Waals surface area contributed by atoms with E-state index in [9.17, 15) is 14.7 Å². The second-order valence-electron chi connectivity index (χ2n) is 5.22. The fourth-order valence-corrected chi connectivity index (χ4v) is 3.47. The van der Waals surface area contributed by atoms with Crippen molar-refractivity contribution in [3.63, 3.8) is 0 Å². The van der Waals surface area contributed by atoms with Gasteiger partial charge >= 0.3 is 12.0 Å². The van der Waals surface area contributed by atoms with Crippen LogP contribution in [0.3, 0.4) is 0 Å². The molecule has 7 heteroatoms. The van der Waals surface area contributed by atoms with Crippen LogP contribution in [0.5, 0.6) is 5.75 Å². The average Bonchev–Trinajstić information content (AvgIpc) is 2.86. The van der Waals surface area contributed by atoms with Gasteiger partial charge in [0.05, 0.1) is 5.69 Å². The Morgan fingerprint density at radius 1 is 1.43 bits per heavy atom. The van der Waals surface area contributed by atoms with Crippen LogP contribution < -0.4 is 10.6 Å². The van der Waals surface area contributed by atoms with Gasteiger partial charge in [0.15, 0.2) is 5.75 Å². The predicted octanol–water partition coefficient (Wildman–Crippen LogP) is 2.50. The van der Waals surface area contributed by atoms with Crippen molar-refractivity contribution < 1.29 is 19.8 Å². The fourth-order valence-electron chi connectivity index (χ4n) is 2.23. The minimum Gasteiger partial charge on any atom is -0.505 e. The molecule has 0 saturated carbocycles. The normalized spacial score (nSPS) is 21.0. The number of phenols is 1. The van der Waals surface area contributed by atoms with Crippen LogP contribution in [-0.4, -0.2) is 39.3 Å². The molecule has 0 aromatic heterocycles. The smallest absolute Gasteiger partial charge is 0.339 e. The fraction of sp³-hybridized carbons (Fsp3) is 0.429. The quantitative estimate of drug-likeness (QED) is 0.640. The lowest BCUT2D eigenvalue weighted by Crippen LogP contribution is -2.39. The van der Waals surface area contributed by atoms with E-state index in [1.807, 2.05) is 11.8 Å². The number of urea groups is 1. The molecule has 114 valence electrons. The molecule has 0 spiro atoms. The molecule has 2 amide bonds. The van der Waals surface area contributed by atoms with Crippen molar-refractivity contribution in [2.24, 2.45) is 0 Å². The number of rotatable bonds is 4. The maximum atomic E-state index is 11.9. The van der Waals surface area contributed by atoms with E-state index in [-0.39, 0.29) is 16.0 Å². The number of aromatic carboxylic acids is 1. The molecule has 1 saturated heterocycles. The van der Waals surface area contributed by atoms with Crippen LogP contribution in [0.1, 0.15) is 30.1 Å². The summed E-state index contributed by atoms with van der Waals surface area (Å²) in [6.07, 6.45) is 2.20. The topological polar surface area (TPSA) is 98.7 Å². The zero-order chi connectivity index (χ0) is 15.5. The monoisotopic (exact) mass is 310 g/mol. The molecule has 1 unspecified atom stereocenters. The van der Waals surface area contributed by atoms with Gasteiger partial charge in [-0.1, -0.05) is 6.07 Å². The predicted molar refractivity (Wildman–Crippen MR) is 82.2 cm³/mol. The van der Waals surface area contributed by atoms with Gasteiger partial charge in [0.1, 0.15) is 5.56 Å². The molecule has 4 N–H and O–H groups in total. The Morgan fingerprint density at radius 2 is 2.19 bits per heavy atom. The SMILES string of the molecule is CC1(CNC(=O)Nc2cccc(C(=O)O)c2O)CCCS1. The van der Waals surface area contributed by atoms with E-state index in [1.165, 1.54) is 18.2 Å². The maximum absolute atomic E-state index is 11.9. The van der Waals surface area contributed by atoms with Gasteiger partial charge in [-0.25, -0.2) is 9.59 Å². The van der Waals surface area contributed by atoms with Crippen LogP contribution in [-0.2, 0) is 0 Å². The number of hydrogen-bond donors (Lipinski definition) is 4. The Balaban J connectivity index is 1.97. The number of carboxylic acids is 1.